The molecule has 1 saturated heterocycles. The first-order valence-corrected chi connectivity index (χ1v) is 10.4. The Morgan fingerprint density at radius 3 is 1.95 bits per heavy atom. The molecule has 0 amide bonds. The summed E-state index contributed by atoms with van der Waals surface area (Å²) in [6.45, 7) is 3.24. The molecule has 1 aliphatic heterocycles. The quantitative estimate of drug-likeness (QED) is 0.559. The Bertz CT molecular complexity index is 327. The molecule has 0 bridgehead atoms. The second-order valence-electron chi connectivity index (χ2n) is 6.24. The van der Waals surface area contributed by atoms with Crippen LogP contribution in [-0.4, -0.2) is 32.5 Å². The van der Waals surface area contributed by atoms with Gasteiger partial charge in [0.05, 0.1) is 11.5 Å². The van der Waals surface area contributed by atoms with Gasteiger partial charge in [0.2, 0.25) is 0 Å². The van der Waals surface area contributed by atoms with Crippen LogP contribution in [0.4, 0.5) is 0 Å². The number of hydrogen-bond donors (Lipinski definition) is 1. The van der Waals surface area contributed by atoms with Crippen molar-refractivity contribution in [2.45, 2.75) is 83.6 Å². The SMILES string of the molecule is CCCCCCCCCCCCNC1CCS(=O)(=O)C1. The first-order valence-electron chi connectivity index (χ1n) is 8.58. The third-order valence-corrected chi connectivity index (χ3v) is 5.96. The Kier molecular flexibility index (Phi) is 9.53. The van der Waals surface area contributed by atoms with Crippen LogP contribution in [0.2, 0.25) is 0 Å². The average Bonchev–Trinajstić information content (AvgIpc) is 2.75. The van der Waals surface area contributed by atoms with Gasteiger partial charge in [0.15, 0.2) is 9.84 Å². The molecule has 1 rings (SSSR count). The summed E-state index contributed by atoms with van der Waals surface area (Å²) in [5.41, 5.74) is 0. The van der Waals surface area contributed by atoms with Crippen LogP contribution in [0.1, 0.15) is 77.6 Å². The molecule has 1 atom stereocenters. The maximum absolute atomic E-state index is 11.3. The van der Waals surface area contributed by atoms with E-state index in [1.165, 1.54) is 64.2 Å². The molecule has 1 N–H and O–H groups in total. The van der Waals surface area contributed by atoms with E-state index in [9.17, 15) is 8.42 Å². The molecule has 1 fully saturated rings. The van der Waals surface area contributed by atoms with Crippen LogP contribution in [0.15, 0.2) is 0 Å². The van der Waals surface area contributed by atoms with Crippen molar-refractivity contribution < 1.29 is 8.42 Å². The molecular formula is C16H33NO2S. The molecule has 0 aromatic rings. The summed E-state index contributed by atoms with van der Waals surface area (Å²) in [5, 5.41) is 3.38. The van der Waals surface area contributed by atoms with Gasteiger partial charge in [-0.3, -0.25) is 0 Å². The molecule has 0 aromatic heterocycles. The van der Waals surface area contributed by atoms with Crippen LogP contribution in [0, 0.1) is 0 Å². The van der Waals surface area contributed by atoms with Gasteiger partial charge in [-0.15, -0.1) is 0 Å². The molecule has 0 aromatic carbocycles. The molecule has 1 heterocycles. The summed E-state index contributed by atoms with van der Waals surface area (Å²) in [4.78, 5) is 0. The predicted octanol–water partition coefficient (Wildman–Crippen LogP) is 3.68. The first kappa shape index (κ1) is 18.0. The van der Waals surface area contributed by atoms with Crippen molar-refractivity contribution in [1.82, 2.24) is 5.32 Å². The highest BCUT2D eigenvalue weighted by atomic mass is 32.2. The Labute approximate surface area is 125 Å². The smallest absolute Gasteiger partial charge is 0.151 e. The summed E-state index contributed by atoms with van der Waals surface area (Å²) < 4.78 is 22.6. The fourth-order valence-electron chi connectivity index (χ4n) is 2.87. The lowest BCUT2D eigenvalue weighted by Gasteiger charge is -2.10. The Morgan fingerprint density at radius 1 is 0.900 bits per heavy atom. The van der Waals surface area contributed by atoms with Gasteiger partial charge in [-0.2, -0.15) is 0 Å². The minimum Gasteiger partial charge on any atom is -0.313 e. The molecule has 0 saturated carbocycles. The Hall–Kier alpha value is -0.0900. The number of rotatable bonds is 12. The zero-order chi connectivity index (χ0) is 14.7. The van der Waals surface area contributed by atoms with Gasteiger partial charge in [0, 0.05) is 6.04 Å². The highest BCUT2D eigenvalue weighted by Gasteiger charge is 2.26. The molecule has 0 radical (unpaired) electrons. The third kappa shape index (κ3) is 8.96. The predicted molar refractivity (Wildman–Crippen MR) is 86.9 cm³/mol. The van der Waals surface area contributed by atoms with Crippen LogP contribution in [0.25, 0.3) is 0 Å². The van der Waals surface area contributed by atoms with Crippen LogP contribution in [0.3, 0.4) is 0 Å². The lowest BCUT2D eigenvalue weighted by Crippen LogP contribution is -2.30. The maximum Gasteiger partial charge on any atom is 0.151 e. The van der Waals surface area contributed by atoms with Crippen molar-refractivity contribution in [3.8, 4) is 0 Å². The highest BCUT2D eigenvalue weighted by molar-refractivity contribution is 7.91. The van der Waals surface area contributed by atoms with Crippen molar-refractivity contribution in [2.24, 2.45) is 0 Å². The molecule has 0 spiro atoms. The molecule has 120 valence electrons. The summed E-state index contributed by atoms with van der Waals surface area (Å²) in [7, 11) is -2.72. The summed E-state index contributed by atoms with van der Waals surface area (Å²) in [6, 6.07) is 0.221. The molecule has 3 nitrogen and oxygen atoms in total. The molecule has 4 heteroatoms. The van der Waals surface area contributed by atoms with E-state index in [1.807, 2.05) is 0 Å². The van der Waals surface area contributed by atoms with Gasteiger partial charge in [0.1, 0.15) is 0 Å². The number of nitrogens with one attached hydrogen (secondary N) is 1. The van der Waals surface area contributed by atoms with E-state index >= 15 is 0 Å². The number of unbranched alkanes of at least 4 members (excludes halogenated alkanes) is 9. The van der Waals surface area contributed by atoms with E-state index in [0.717, 1.165) is 13.0 Å². The van der Waals surface area contributed by atoms with Gasteiger partial charge in [-0.25, -0.2) is 8.42 Å². The summed E-state index contributed by atoms with van der Waals surface area (Å²) in [6.07, 6.45) is 14.3. The van der Waals surface area contributed by atoms with Gasteiger partial charge in [-0.1, -0.05) is 64.7 Å². The fraction of sp³-hybridized carbons (Fsp3) is 1.00. The van der Waals surface area contributed by atoms with Crippen LogP contribution >= 0.6 is 0 Å². The largest absolute Gasteiger partial charge is 0.313 e. The summed E-state index contributed by atoms with van der Waals surface area (Å²) >= 11 is 0. The minimum atomic E-state index is -2.72. The molecule has 1 aliphatic rings. The van der Waals surface area contributed by atoms with Crippen molar-refractivity contribution >= 4 is 9.84 Å². The molecule has 20 heavy (non-hydrogen) atoms. The highest BCUT2D eigenvalue weighted by Crippen LogP contribution is 2.12. The Balaban J connectivity index is 1.79. The van der Waals surface area contributed by atoms with Crippen molar-refractivity contribution in [2.75, 3.05) is 18.1 Å². The average molecular weight is 304 g/mol. The van der Waals surface area contributed by atoms with Gasteiger partial charge >= 0.3 is 0 Å². The maximum atomic E-state index is 11.3. The zero-order valence-corrected chi connectivity index (χ0v) is 14.0. The zero-order valence-electron chi connectivity index (χ0n) is 13.2. The molecular weight excluding hydrogens is 270 g/mol. The molecule has 0 aliphatic carbocycles. The van der Waals surface area contributed by atoms with E-state index in [2.05, 4.69) is 12.2 Å². The van der Waals surface area contributed by atoms with Crippen LogP contribution in [-0.2, 0) is 9.84 Å². The topological polar surface area (TPSA) is 46.2 Å². The normalized spacial score (nSPS) is 21.4. The van der Waals surface area contributed by atoms with E-state index in [4.69, 9.17) is 0 Å². The van der Waals surface area contributed by atoms with E-state index in [-0.39, 0.29) is 6.04 Å². The standard InChI is InChI=1S/C16H33NO2S/c1-2-3-4-5-6-7-8-9-10-11-13-17-16-12-14-20(18,19)15-16/h16-17H,2-15H2,1H3. The lowest BCUT2D eigenvalue weighted by atomic mass is 10.1. The lowest BCUT2D eigenvalue weighted by molar-refractivity contribution is 0.511. The van der Waals surface area contributed by atoms with Gasteiger partial charge in [0.25, 0.3) is 0 Å². The van der Waals surface area contributed by atoms with E-state index in [0.29, 0.717) is 11.5 Å². The number of hydrogen-bond acceptors (Lipinski definition) is 3. The fourth-order valence-corrected chi connectivity index (χ4v) is 4.58. The van der Waals surface area contributed by atoms with Gasteiger partial charge < -0.3 is 5.32 Å². The first-order chi connectivity index (χ1) is 9.64. The van der Waals surface area contributed by atoms with Crippen LogP contribution < -0.4 is 5.32 Å². The van der Waals surface area contributed by atoms with Crippen molar-refractivity contribution in [3.63, 3.8) is 0 Å². The van der Waals surface area contributed by atoms with E-state index in [1.54, 1.807) is 0 Å². The second kappa shape index (κ2) is 10.6. The Morgan fingerprint density at radius 2 is 1.45 bits per heavy atom. The van der Waals surface area contributed by atoms with Gasteiger partial charge in [-0.05, 0) is 19.4 Å². The van der Waals surface area contributed by atoms with Crippen LogP contribution in [0.5, 0.6) is 0 Å². The van der Waals surface area contributed by atoms with Crippen molar-refractivity contribution in [1.29, 1.82) is 0 Å². The monoisotopic (exact) mass is 303 g/mol. The third-order valence-electron chi connectivity index (χ3n) is 4.20. The van der Waals surface area contributed by atoms with Crippen molar-refractivity contribution in [3.05, 3.63) is 0 Å². The minimum absolute atomic E-state index is 0.221. The second-order valence-corrected chi connectivity index (χ2v) is 8.46. The molecule has 1 unspecified atom stereocenters. The number of sulfone groups is 1. The summed E-state index contributed by atoms with van der Waals surface area (Å²) in [5.74, 6) is 0.730. The van der Waals surface area contributed by atoms with E-state index < -0.39 is 9.84 Å².